The minimum atomic E-state index is -0.309. The quantitative estimate of drug-likeness (QED) is 0.531. The van der Waals surface area contributed by atoms with Gasteiger partial charge in [0.1, 0.15) is 18.2 Å². The summed E-state index contributed by atoms with van der Waals surface area (Å²) in [6.07, 6.45) is 1.40. The topological polar surface area (TPSA) is 73.0 Å². The highest BCUT2D eigenvalue weighted by Crippen LogP contribution is 2.29. The van der Waals surface area contributed by atoms with Gasteiger partial charge in [0.05, 0.1) is 41.1 Å². The van der Waals surface area contributed by atoms with E-state index in [1.807, 2.05) is 10.6 Å². The molecule has 0 bridgehead atoms. The summed E-state index contributed by atoms with van der Waals surface area (Å²) in [7, 11) is 0. The second-order valence-electron chi connectivity index (χ2n) is 6.73. The van der Waals surface area contributed by atoms with Crippen molar-refractivity contribution in [2.45, 2.75) is 12.6 Å². The Morgan fingerprint density at radius 1 is 1.21 bits per heavy atom. The van der Waals surface area contributed by atoms with Crippen LogP contribution < -0.4 is 9.47 Å². The first-order valence-corrected chi connectivity index (χ1v) is 9.12. The van der Waals surface area contributed by atoms with Crippen LogP contribution in [0.15, 0.2) is 60.8 Å². The number of hydrogen-bond acceptors (Lipinski definition) is 5. The number of ether oxygens (including phenoxy) is 2. The fraction of sp³-hybridized carbons (Fsp3) is 0.136. The third-order valence-corrected chi connectivity index (χ3v) is 4.82. The zero-order chi connectivity index (χ0) is 19.8. The number of benzene rings is 2. The lowest BCUT2D eigenvalue weighted by Gasteiger charge is -2.12. The first-order valence-electron chi connectivity index (χ1n) is 9.12. The zero-order valence-electron chi connectivity index (χ0n) is 15.2. The van der Waals surface area contributed by atoms with Crippen LogP contribution in [0.3, 0.4) is 0 Å². The number of halogens is 1. The van der Waals surface area contributed by atoms with Crippen molar-refractivity contribution < 1.29 is 13.9 Å². The molecule has 2 aromatic carbocycles. The maximum absolute atomic E-state index is 13.9. The van der Waals surface area contributed by atoms with Gasteiger partial charge in [0.15, 0.2) is 6.10 Å². The van der Waals surface area contributed by atoms with Crippen LogP contribution in [0.1, 0.15) is 5.56 Å². The number of nitriles is 1. The fourth-order valence-corrected chi connectivity index (χ4v) is 3.40. The molecule has 2 aromatic heterocycles. The number of imidazole rings is 1. The van der Waals surface area contributed by atoms with Crippen molar-refractivity contribution in [2.24, 2.45) is 0 Å². The Balaban J connectivity index is 1.25. The zero-order valence-corrected chi connectivity index (χ0v) is 15.2. The van der Waals surface area contributed by atoms with Crippen LogP contribution in [0.2, 0.25) is 0 Å². The predicted molar refractivity (Wildman–Crippen MR) is 104 cm³/mol. The Hall–Kier alpha value is -3.92. The van der Waals surface area contributed by atoms with Gasteiger partial charge in [0.2, 0.25) is 0 Å². The molecule has 7 heteroatoms. The van der Waals surface area contributed by atoms with E-state index in [0.717, 1.165) is 11.0 Å². The lowest BCUT2D eigenvalue weighted by atomic mass is 10.1. The molecule has 142 valence electrons. The van der Waals surface area contributed by atoms with Gasteiger partial charge in [-0.2, -0.15) is 10.2 Å². The van der Waals surface area contributed by atoms with Gasteiger partial charge < -0.3 is 9.47 Å². The Morgan fingerprint density at radius 3 is 2.90 bits per heavy atom. The van der Waals surface area contributed by atoms with Gasteiger partial charge in [0.25, 0.3) is 6.01 Å². The van der Waals surface area contributed by atoms with E-state index in [9.17, 15) is 4.39 Å². The van der Waals surface area contributed by atoms with E-state index in [1.54, 1.807) is 48.7 Å². The summed E-state index contributed by atoms with van der Waals surface area (Å²) in [6, 6.07) is 18.0. The van der Waals surface area contributed by atoms with Crippen LogP contribution >= 0.6 is 0 Å². The molecule has 0 saturated carbocycles. The number of rotatable bonds is 4. The molecule has 1 atom stereocenters. The normalized spacial score (nSPS) is 15.0. The minimum absolute atomic E-state index is 0.177. The summed E-state index contributed by atoms with van der Waals surface area (Å²) in [5, 5.41) is 9.00. The SMILES string of the molecule is N#Cc1ccc2c(c1)nc1n2C[C@@H](COc2ccc(-c3ccccc3F)nc2)O1. The van der Waals surface area contributed by atoms with Crippen LogP contribution in [-0.2, 0) is 6.54 Å². The average Bonchev–Trinajstić information content (AvgIpc) is 3.30. The molecule has 4 aromatic rings. The van der Waals surface area contributed by atoms with Crippen LogP contribution in [0.5, 0.6) is 11.8 Å². The van der Waals surface area contributed by atoms with Crippen LogP contribution in [-0.4, -0.2) is 27.2 Å². The molecule has 6 nitrogen and oxygen atoms in total. The van der Waals surface area contributed by atoms with E-state index < -0.39 is 0 Å². The third kappa shape index (κ3) is 3.15. The molecule has 29 heavy (non-hydrogen) atoms. The molecular formula is C22H15FN4O2. The summed E-state index contributed by atoms with van der Waals surface area (Å²) >= 11 is 0. The Labute approximate surface area is 165 Å². The largest absolute Gasteiger partial charge is 0.488 e. The average molecular weight is 386 g/mol. The molecule has 0 saturated heterocycles. The van der Waals surface area contributed by atoms with E-state index in [1.165, 1.54) is 6.07 Å². The molecular weight excluding hydrogens is 371 g/mol. The number of nitrogens with zero attached hydrogens (tertiary/aromatic N) is 4. The summed E-state index contributed by atoms with van der Waals surface area (Å²) in [5.74, 6) is 0.276. The van der Waals surface area contributed by atoms with Gasteiger partial charge in [-0.15, -0.1) is 0 Å². The summed E-state index contributed by atoms with van der Waals surface area (Å²) in [5.41, 5.74) is 3.25. The van der Waals surface area contributed by atoms with E-state index in [4.69, 9.17) is 14.7 Å². The Kier molecular flexibility index (Phi) is 4.10. The van der Waals surface area contributed by atoms with Gasteiger partial charge in [-0.05, 0) is 42.5 Å². The minimum Gasteiger partial charge on any atom is -0.488 e. The van der Waals surface area contributed by atoms with Crippen molar-refractivity contribution in [3.63, 3.8) is 0 Å². The van der Waals surface area contributed by atoms with Gasteiger partial charge in [0, 0.05) is 5.56 Å². The van der Waals surface area contributed by atoms with Crippen molar-refractivity contribution in [3.05, 3.63) is 72.2 Å². The molecule has 1 aliphatic rings. The van der Waals surface area contributed by atoms with Crippen molar-refractivity contribution in [1.29, 1.82) is 5.26 Å². The molecule has 0 aliphatic carbocycles. The molecule has 0 spiro atoms. The van der Waals surface area contributed by atoms with Crippen molar-refractivity contribution >= 4 is 11.0 Å². The number of pyridine rings is 1. The molecule has 0 fully saturated rings. The highest BCUT2D eigenvalue weighted by molar-refractivity contribution is 5.78. The van der Waals surface area contributed by atoms with Gasteiger partial charge in [-0.25, -0.2) is 4.39 Å². The van der Waals surface area contributed by atoms with Crippen LogP contribution in [0, 0.1) is 17.1 Å². The third-order valence-electron chi connectivity index (χ3n) is 4.82. The number of aromatic nitrogens is 3. The van der Waals surface area contributed by atoms with E-state index >= 15 is 0 Å². The smallest absolute Gasteiger partial charge is 0.297 e. The molecule has 1 aliphatic heterocycles. The number of hydrogen-bond donors (Lipinski definition) is 0. The van der Waals surface area contributed by atoms with Gasteiger partial charge >= 0.3 is 0 Å². The molecule has 0 radical (unpaired) electrons. The van der Waals surface area contributed by atoms with Crippen molar-refractivity contribution in [3.8, 4) is 29.1 Å². The first-order chi connectivity index (χ1) is 14.2. The monoisotopic (exact) mass is 386 g/mol. The van der Waals surface area contributed by atoms with E-state index in [2.05, 4.69) is 16.0 Å². The first kappa shape index (κ1) is 17.2. The van der Waals surface area contributed by atoms with Crippen LogP contribution in [0.4, 0.5) is 4.39 Å². The second kappa shape index (κ2) is 6.91. The van der Waals surface area contributed by atoms with Gasteiger partial charge in [-0.1, -0.05) is 12.1 Å². The highest BCUT2D eigenvalue weighted by Gasteiger charge is 2.27. The summed E-state index contributed by atoms with van der Waals surface area (Å²) < 4.78 is 27.5. The molecule has 0 unspecified atom stereocenters. The van der Waals surface area contributed by atoms with Crippen LogP contribution in [0.25, 0.3) is 22.3 Å². The van der Waals surface area contributed by atoms with E-state index in [-0.39, 0.29) is 11.9 Å². The molecule has 5 rings (SSSR count). The Bertz CT molecular complexity index is 1240. The fourth-order valence-electron chi connectivity index (χ4n) is 3.40. The Morgan fingerprint density at radius 2 is 2.10 bits per heavy atom. The lowest BCUT2D eigenvalue weighted by molar-refractivity contribution is 0.143. The highest BCUT2D eigenvalue weighted by atomic mass is 19.1. The maximum atomic E-state index is 13.9. The second-order valence-corrected chi connectivity index (χ2v) is 6.73. The van der Waals surface area contributed by atoms with Crippen molar-refractivity contribution in [2.75, 3.05) is 6.61 Å². The van der Waals surface area contributed by atoms with Crippen molar-refractivity contribution in [1.82, 2.24) is 14.5 Å². The molecule has 3 heterocycles. The predicted octanol–water partition coefficient (Wildman–Crippen LogP) is 3.95. The number of fused-ring (bicyclic) bond motifs is 3. The van der Waals surface area contributed by atoms with E-state index in [0.29, 0.717) is 41.7 Å². The summed E-state index contributed by atoms with van der Waals surface area (Å²) in [6.45, 7) is 0.945. The molecule has 0 amide bonds. The summed E-state index contributed by atoms with van der Waals surface area (Å²) in [4.78, 5) is 8.74. The van der Waals surface area contributed by atoms with Gasteiger partial charge in [-0.3, -0.25) is 9.55 Å². The standard InChI is InChI=1S/C22H15FN4O2/c23-18-4-2-1-3-17(18)19-7-6-15(11-25-19)28-13-16-12-27-21-8-5-14(10-24)9-20(21)26-22(27)29-16/h1-9,11,16H,12-13H2/t16-/m0/s1. The maximum Gasteiger partial charge on any atom is 0.297 e. The lowest BCUT2D eigenvalue weighted by Crippen LogP contribution is -2.23. The molecule has 0 N–H and O–H groups in total.